The van der Waals surface area contributed by atoms with Gasteiger partial charge in [0.2, 0.25) is 5.91 Å². The fraction of sp³-hybridized carbons (Fsp3) is 0.818. The first-order valence-corrected chi connectivity index (χ1v) is 5.79. The maximum Gasteiger partial charge on any atom is 0.405 e. The second-order valence-electron chi connectivity index (χ2n) is 4.66. The molecule has 5 heteroatoms. The number of nitrogens with zero attached hydrogens (tertiary/aromatic N) is 1. The molecule has 0 aromatic rings. The highest BCUT2D eigenvalue weighted by Gasteiger charge is 2.28. The van der Waals surface area contributed by atoms with E-state index in [1.54, 1.807) is 4.90 Å². The van der Waals surface area contributed by atoms with Crippen molar-refractivity contribution in [3.8, 4) is 0 Å². The van der Waals surface area contributed by atoms with E-state index in [1.165, 1.54) is 0 Å². The lowest BCUT2D eigenvalue weighted by Crippen LogP contribution is -2.47. The Morgan fingerprint density at radius 1 is 1.31 bits per heavy atom. The Hall–Kier alpha value is -1.26. The second kappa shape index (κ2) is 5.72. The second-order valence-corrected chi connectivity index (χ2v) is 4.66. The van der Waals surface area contributed by atoms with E-state index in [1.807, 2.05) is 13.8 Å². The van der Waals surface area contributed by atoms with E-state index in [0.29, 0.717) is 12.3 Å². The molecule has 1 aliphatic rings. The number of nitrogens with one attached hydrogen (secondary N) is 1. The Bertz CT molecular complexity index is 260. The monoisotopic (exact) mass is 228 g/mol. The van der Waals surface area contributed by atoms with E-state index in [4.69, 9.17) is 5.11 Å². The molecule has 2 N–H and O–H groups in total. The SMILES string of the molecule is CC(C)C[C@@H](NC(=O)O)C(=O)N1CCCC1. The molecule has 1 atom stereocenters. The first-order chi connectivity index (χ1) is 7.50. The van der Waals surface area contributed by atoms with Crippen LogP contribution >= 0.6 is 0 Å². The molecule has 0 spiro atoms. The van der Waals surface area contributed by atoms with Crippen LogP contribution < -0.4 is 5.32 Å². The van der Waals surface area contributed by atoms with E-state index in [2.05, 4.69) is 5.32 Å². The highest BCUT2D eigenvalue weighted by molar-refractivity contribution is 5.85. The number of amides is 2. The van der Waals surface area contributed by atoms with Gasteiger partial charge in [-0.15, -0.1) is 0 Å². The van der Waals surface area contributed by atoms with Crippen LogP contribution in [-0.4, -0.2) is 41.1 Å². The van der Waals surface area contributed by atoms with Crippen LogP contribution in [0.4, 0.5) is 4.79 Å². The fourth-order valence-electron chi connectivity index (χ4n) is 2.00. The van der Waals surface area contributed by atoms with Crippen molar-refractivity contribution in [1.29, 1.82) is 0 Å². The van der Waals surface area contributed by atoms with Gasteiger partial charge in [0.15, 0.2) is 0 Å². The molecule has 0 aliphatic carbocycles. The summed E-state index contributed by atoms with van der Waals surface area (Å²) in [6.45, 7) is 5.48. The average Bonchev–Trinajstić information content (AvgIpc) is 2.66. The molecule has 2 amide bonds. The molecule has 1 fully saturated rings. The Morgan fingerprint density at radius 3 is 2.31 bits per heavy atom. The molecule has 0 bridgehead atoms. The van der Waals surface area contributed by atoms with E-state index in [0.717, 1.165) is 25.9 Å². The van der Waals surface area contributed by atoms with Crippen LogP contribution in [0.25, 0.3) is 0 Å². The molecule has 1 saturated heterocycles. The molecule has 1 heterocycles. The van der Waals surface area contributed by atoms with Gasteiger partial charge in [-0.1, -0.05) is 13.8 Å². The van der Waals surface area contributed by atoms with Gasteiger partial charge in [-0.25, -0.2) is 4.79 Å². The first kappa shape index (κ1) is 12.8. The number of likely N-dealkylation sites (tertiary alicyclic amines) is 1. The van der Waals surface area contributed by atoms with E-state index >= 15 is 0 Å². The maximum absolute atomic E-state index is 12.0. The van der Waals surface area contributed by atoms with Gasteiger partial charge in [0.1, 0.15) is 6.04 Å². The summed E-state index contributed by atoms with van der Waals surface area (Å²) in [7, 11) is 0. The van der Waals surface area contributed by atoms with Crippen molar-refractivity contribution in [3.05, 3.63) is 0 Å². The van der Waals surface area contributed by atoms with Crippen molar-refractivity contribution in [3.63, 3.8) is 0 Å². The van der Waals surface area contributed by atoms with Crippen LogP contribution in [0.3, 0.4) is 0 Å². The molecule has 1 rings (SSSR count). The highest BCUT2D eigenvalue weighted by atomic mass is 16.4. The van der Waals surface area contributed by atoms with Gasteiger partial charge < -0.3 is 15.3 Å². The minimum absolute atomic E-state index is 0.0754. The molecule has 16 heavy (non-hydrogen) atoms. The topological polar surface area (TPSA) is 69.6 Å². The maximum atomic E-state index is 12.0. The number of carboxylic acid groups (broad SMARTS) is 1. The fourth-order valence-corrected chi connectivity index (χ4v) is 2.00. The summed E-state index contributed by atoms with van der Waals surface area (Å²) in [6.07, 6.45) is 1.47. The van der Waals surface area contributed by atoms with Crippen LogP contribution in [0.2, 0.25) is 0 Å². The zero-order valence-corrected chi connectivity index (χ0v) is 9.90. The van der Waals surface area contributed by atoms with Crippen molar-refractivity contribution >= 4 is 12.0 Å². The molecule has 0 radical (unpaired) electrons. The van der Waals surface area contributed by atoms with Crippen molar-refractivity contribution in [1.82, 2.24) is 10.2 Å². The third-order valence-electron chi connectivity index (χ3n) is 2.72. The standard InChI is InChI=1S/C11H20N2O3/c1-8(2)7-9(12-11(15)16)10(14)13-5-3-4-6-13/h8-9,12H,3-7H2,1-2H3,(H,15,16)/t9-/m1/s1. The first-order valence-electron chi connectivity index (χ1n) is 5.79. The van der Waals surface area contributed by atoms with Crippen molar-refractivity contribution in [2.24, 2.45) is 5.92 Å². The van der Waals surface area contributed by atoms with Crippen molar-refractivity contribution < 1.29 is 14.7 Å². The average molecular weight is 228 g/mol. The van der Waals surface area contributed by atoms with E-state index in [-0.39, 0.29) is 5.91 Å². The van der Waals surface area contributed by atoms with Gasteiger partial charge in [-0.2, -0.15) is 0 Å². The third-order valence-corrected chi connectivity index (χ3v) is 2.72. The normalized spacial score (nSPS) is 17.6. The van der Waals surface area contributed by atoms with Gasteiger partial charge in [-0.05, 0) is 25.2 Å². The molecule has 0 saturated carbocycles. The predicted octanol–water partition coefficient (Wildman–Crippen LogP) is 1.29. The lowest BCUT2D eigenvalue weighted by molar-refractivity contribution is -0.132. The zero-order chi connectivity index (χ0) is 12.1. The summed E-state index contributed by atoms with van der Waals surface area (Å²) in [5.41, 5.74) is 0. The molecular weight excluding hydrogens is 208 g/mol. The Morgan fingerprint density at radius 2 is 1.88 bits per heavy atom. The Labute approximate surface area is 95.8 Å². The number of carbonyl (C=O) groups is 2. The smallest absolute Gasteiger partial charge is 0.405 e. The minimum atomic E-state index is -1.13. The Kier molecular flexibility index (Phi) is 4.58. The van der Waals surface area contributed by atoms with Crippen LogP contribution in [-0.2, 0) is 4.79 Å². The van der Waals surface area contributed by atoms with Crippen molar-refractivity contribution in [2.45, 2.75) is 39.2 Å². The van der Waals surface area contributed by atoms with Gasteiger partial charge in [0.05, 0.1) is 0 Å². The summed E-state index contributed by atoms with van der Waals surface area (Å²) in [5.74, 6) is 0.219. The zero-order valence-electron chi connectivity index (χ0n) is 9.90. The van der Waals surface area contributed by atoms with Gasteiger partial charge in [-0.3, -0.25) is 4.79 Å². The van der Waals surface area contributed by atoms with Crippen LogP contribution in [0, 0.1) is 5.92 Å². The van der Waals surface area contributed by atoms with Crippen LogP contribution in [0.15, 0.2) is 0 Å². The van der Waals surface area contributed by atoms with Gasteiger partial charge in [0.25, 0.3) is 0 Å². The quantitative estimate of drug-likeness (QED) is 0.761. The van der Waals surface area contributed by atoms with Crippen LogP contribution in [0.1, 0.15) is 33.1 Å². The molecule has 92 valence electrons. The van der Waals surface area contributed by atoms with Crippen LogP contribution in [0.5, 0.6) is 0 Å². The molecule has 0 aromatic carbocycles. The number of hydrogen-bond acceptors (Lipinski definition) is 2. The lowest BCUT2D eigenvalue weighted by Gasteiger charge is -2.24. The number of hydrogen-bond donors (Lipinski definition) is 2. The van der Waals surface area contributed by atoms with Gasteiger partial charge in [0, 0.05) is 13.1 Å². The van der Waals surface area contributed by atoms with E-state index in [9.17, 15) is 9.59 Å². The lowest BCUT2D eigenvalue weighted by atomic mass is 10.0. The third kappa shape index (κ3) is 3.72. The molecule has 0 aromatic heterocycles. The van der Waals surface area contributed by atoms with Gasteiger partial charge >= 0.3 is 6.09 Å². The minimum Gasteiger partial charge on any atom is -0.465 e. The Balaban J connectivity index is 2.58. The molecule has 1 aliphatic heterocycles. The molecule has 0 unspecified atom stereocenters. The predicted molar refractivity (Wildman–Crippen MR) is 60.2 cm³/mol. The summed E-state index contributed by atoms with van der Waals surface area (Å²) in [4.78, 5) is 24.4. The molecular formula is C11H20N2O3. The highest BCUT2D eigenvalue weighted by Crippen LogP contribution is 2.13. The summed E-state index contributed by atoms with van der Waals surface area (Å²) < 4.78 is 0. The number of rotatable bonds is 4. The molecule has 5 nitrogen and oxygen atoms in total. The summed E-state index contributed by atoms with van der Waals surface area (Å²) >= 11 is 0. The van der Waals surface area contributed by atoms with Crippen molar-refractivity contribution in [2.75, 3.05) is 13.1 Å². The summed E-state index contributed by atoms with van der Waals surface area (Å²) in [5, 5.41) is 11.0. The van der Waals surface area contributed by atoms with E-state index < -0.39 is 12.1 Å². The number of carbonyl (C=O) groups excluding carboxylic acids is 1. The summed E-state index contributed by atoms with van der Waals surface area (Å²) in [6, 6.07) is -0.587. The largest absolute Gasteiger partial charge is 0.465 e.